The Bertz CT molecular complexity index is 1320. The summed E-state index contributed by atoms with van der Waals surface area (Å²) in [4.78, 5) is 21.1. The Labute approximate surface area is 186 Å². The topological polar surface area (TPSA) is 66.9 Å². The van der Waals surface area contributed by atoms with Crippen LogP contribution in [0.2, 0.25) is 5.02 Å². The highest BCUT2D eigenvalue weighted by Gasteiger charge is 2.30. The number of carbonyl (C=O) groups is 1. The maximum atomic E-state index is 12.9. The fourth-order valence-corrected chi connectivity index (χ4v) is 3.41. The van der Waals surface area contributed by atoms with Crippen molar-refractivity contribution in [2.24, 2.45) is 0 Å². The standard InChI is InChI=1S/C23H16ClF3N4O/c1-28-22-29-12-15-9-13(5-8-20(15)31-22)18-11-17(6-7-19(18)24)30-21(32)14-3-2-4-16(10-14)23(25,26)27/h2-12H,1H3,(H,30,32)(H,28,29,31). The summed E-state index contributed by atoms with van der Waals surface area (Å²) >= 11 is 6.38. The number of carbonyl (C=O) groups excluding carboxylic acids is 1. The SMILES string of the molecule is CNc1ncc2cc(-c3cc(NC(=O)c4cccc(C(F)(F)F)c4)ccc3Cl)ccc2n1. The summed E-state index contributed by atoms with van der Waals surface area (Å²) in [7, 11) is 1.73. The van der Waals surface area contributed by atoms with Crippen LogP contribution >= 0.6 is 11.6 Å². The molecule has 0 fully saturated rings. The van der Waals surface area contributed by atoms with Crippen molar-refractivity contribution in [3.05, 3.63) is 83.0 Å². The molecule has 32 heavy (non-hydrogen) atoms. The second kappa shape index (κ2) is 8.47. The molecule has 0 saturated carbocycles. The van der Waals surface area contributed by atoms with Gasteiger partial charge in [-0.05, 0) is 54.1 Å². The average Bonchev–Trinajstić information content (AvgIpc) is 2.79. The number of halogens is 4. The number of fused-ring (bicyclic) bond motifs is 1. The summed E-state index contributed by atoms with van der Waals surface area (Å²) in [6.45, 7) is 0. The normalized spacial score (nSPS) is 11.4. The summed E-state index contributed by atoms with van der Waals surface area (Å²) in [6, 6.07) is 14.7. The number of rotatable bonds is 4. The number of alkyl halides is 3. The quantitative estimate of drug-likeness (QED) is 0.380. The number of nitrogens with zero attached hydrogens (tertiary/aromatic N) is 2. The molecule has 9 heteroatoms. The van der Waals surface area contributed by atoms with Gasteiger partial charge in [-0.15, -0.1) is 0 Å². The molecule has 3 aromatic carbocycles. The molecule has 0 unspecified atom stereocenters. The fourth-order valence-electron chi connectivity index (χ4n) is 3.19. The van der Waals surface area contributed by atoms with E-state index < -0.39 is 17.6 Å². The van der Waals surface area contributed by atoms with Gasteiger partial charge in [-0.1, -0.05) is 23.7 Å². The number of hydrogen-bond acceptors (Lipinski definition) is 4. The van der Waals surface area contributed by atoms with E-state index in [0.29, 0.717) is 22.2 Å². The first kappa shape index (κ1) is 21.6. The van der Waals surface area contributed by atoms with Gasteiger partial charge in [0.2, 0.25) is 5.95 Å². The maximum Gasteiger partial charge on any atom is 0.416 e. The van der Waals surface area contributed by atoms with E-state index in [0.717, 1.165) is 28.6 Å². The van der Waals surface area contributed by atoms with Crippen LogP contribution in [0.1, 0.15) is 15.9 Å². The van der Waals surface area contributed by atoms with Crippen molar-refractivity contribution in [1.29, 1.82) is 0 Å². The molecule has 0 aliphatic carbocycles. The number of anilines is 2. The zero-order valence-corrected chi connectivity index (χ0v) is 17.4. The van der Waals surface area contributed by atoms with Gasteiger partial charge in [0.05, 0.1) is 11.1 Å². The van der Waals surface area contributed by atoms with E-state index >= 15 is 0 Å². The van der Waals surface area contributed by atoms with Crippen molar-refractivity contribution in [3.8, 4) is 11.1 Å². The minimum absolute atomic E-state index is 0.0977. The van der Waals surface area contributed by atoms with Crippen molar-refractivity contribution in [2.45, 2.75) is 6.18 Å². The molecule has 162 valence electrons. The Morgan fingerprint density at radius 2 is 1.84 bits per heavy atom. The fraction of sp³-hybridized carbons (Fsp3) is 0.0870. The van der Waals surface area contributed by atoms with Gasteiger partial charge in [0.15, 0.2) is 0 Å². The van der Waals surface area contributed by atoms with Gasteiger partial charge in [0.1, 0.15) is 0 Å². The third-order valence-corrected chi connectivity index (χ3v) is 5.12. The molecule has 0 bridgehead atoms. The third-order valence-electron chi connectivity index (χ3n) is 4.79. The number of benzene rings is 3. The molecule has 0 spiro atoms. The van der Waals surface area contributed by atoms with Crippen molar-refractivity contribution in [3.63, 3.8) is 0 Å². The lowest BCUT2D eigenvalue weighted by molar-refractivity contribution is -0.137. The van der Waals surface area contributed by atoms with E-state index in [2.05, 4.69) is 20.6 Å². The van der Waals surface area contributed by atoms with Crippen LogP contribution in [-0.2, 0) is 6.18 Å². The molecule has 0 atom stereocenters. The molecular weight excluding hydrogens is 441 g/mol. The largest absolute Gasteiger partial charge is 0.416 e. The van der Waals surface area contributed by atoms with Gasteiger partial charge in [-0.3, -0.25) is 4.79 Å². The monoisotopic (exact) mass is 456 g/mol. The van der Waals surface area contributed by atoms with Crippen molar-refractivity contribution >= 4 is 40.0 Å². The van der Waals surface area contributed by atoms with E-state index in [-0.39, 0.29) is 5.56 Å². The van der Waals surface area contributed by atoms with Crippen LogP contribution < -0.4 is 10.6 Å². The molecule has 1 heterocycles. The van der Waals surface area contributed by atoms with E-state index in [1.807, 2.05) is 18.2 Å². The van der Waals surface area contributed by atoms with Crippen LogP contribution in [0.4, 0.5) is 24.8 Å². The summed E-state index contributed by atoms with van der Waals surface area (Å²) in [5, 5.41) is 6.76. The second-order valence-corrected chi connectivity index (χ2v) is 7.35. The molecule has 0 aliphatic rings. The Hall–Kier alpha value is -3.65. The summed E-state index contributed by atoms with van der Waals surface area (Å²) in [6.07, 6.45) is -2.84. The van der Waals surface area contributed by atoms with E-state index in [1.165, 1.54) is 12.1 Å². The molecular formula is C23H16ClF3N4O. The smallest absolute Gasteiger partial charge is 0.357 e. The van der Waals surface area contributed by atoms with Crippen LogP contribution in [0.5, 0.6) is 0 Å². The predicted molar refractivity (Wildman–Crippen MR) is 119 cm³/mol. The van der Waals surface area contributed by atoms with Crippen molar-refractivity contribution in [1.82, 2.24) is 9.97 Å². The zero-order valence-electron chi connectivity index (χ0n) is 16.7. The first-order valence-electron chi connectivity index (χ1n) is 9.48. The minimum Gasteiger partial charge on any atom is -0.357 e. The number of nitrogens with one attached hydrogen (secondary N) is 2. The van der Waals surface area contributed by atoms with Crippen LogP contribution in [-0.4, -0.2) is 22.9 Å². The first-order chi connectivity index (χ1) is 15.2. The highest BCUT2D eigenvalue weighted by atomic mass is 35.5. The van der Waals surface area contributed by atoms with Crippen molar-refractivity contribution in [2.75, 3.05) is 17.7 Å². The first-order valence-corrected chi connectivity index (χ1v) is 9.85. The molecule has 1 aromatic heterocycles. The Balaban J connectivity index is 1.63. The maximum absolute atomic E-state index is 12.9. The van der Waals surface area contributed by atoms with E-state index in [1.54, 1.807) is 31.4 Å². The van der Waals surface area contributed by atoms with Crippen LogP contribution in [0, 0.1) is 0 Å². The number of hydrogen-bond donors (Lipinski definition) is 2. The zero-order chi connectivity index (χ0) is 22.9. The van der Waals surface area contributed by atoms with Crippen molar-refractivity contribution < 1.29 is 18.0 Å². The van der Waals surface area contributed by atoms with Gasteiger partial charge < -0.3 is 10.6 Å². The lowest BCUT2D eigenvalue weighted by Crippen LogP contribution is -2.14. The van der Waals surface area contributed by atoms with E-state index in [9.17, 15) is 18.0 Å². The number of amides is 1. The van der Waals surface area contributed by atoms with Gasteiger partial charge in [-0.25, -0.2) is 9.97 Å². The Kier molecular flexibility index (Phi) is 5.71. The van der Waals surface area contributed by atoms with Gasteiger partial charge in [0, 0.05) is 40.5 Å². The van der Waals surface area contributed by atoms with E-state index in [4.69, 9.17) is 11.6 Å². The molecule has 1 amide bonds. The molecule has 0 radical (unpaired) electrons. The van der Waals surface area contributed by atoms with Crippen LogP contribution in [0.3, 0.4) is 0 Å². The Morgan fingerprint density at radius 3 is 2.59 bits per heavy atom. The summed E-state index contributed by atoms with van der Waals surface area (Å²) in [5.41, 5.74) is 1.58. The van der Waals surface area contributed by atoms with Crippen LogP contribution in [0.15, 0.2) is 66.9 Å². The molecule has 0 aliphatic heterocycles. The molecule has 4 rings (SSSR count). The third kappa shape index (κ3) is 4.50. The Morgan fingerprint density at radius 1 is 1.03 bits per heavy atom. The lowest BCUT2D eigenvalue weighted by atomic mass is 10.0. The molecule has 0 saturated heterocycles. The molecule has 4 aromatic rings. The molecule has 2 N–H and O–H groups in total. The van der Waals surface area contributed by atoms with Gasteiger partial charge in [0.25, 0.3) is 5.91 Å². The second-order valence-electron chi connectivity index (χ2n) is 6.94. The molecule has 5 nitrogen and oxygen atoms in total. The summed E-state index contributed by atoms with van der Waals surface area (Å²) < 4.78 is 38.8. The minimum atomic E-state index is -4.53. The van der Waals surface area contributed by atoms with Gasteiger partial charge >= 0.3 is 6.18 Å². The summed E-state index contributed by atoms with van der Waals surface area (Å²) in [5.74, 6) is -0.154. The number of aromatic nitrogens is 2. The highest BCUT2D eigenvalue weighted by molar-refractivity contribution is 6.33. The van der Waals surface area contributed by atoms with Gasteiger partial charge in [-0.2, -0.15) is 13.2 Å². The lowest BCUT2D eigenvalue weighted by Gasteiger charge is -2.12. The average molecular weight is 457 g/mol. The van der Waals surface area contributed by atoms with Crippen LogP contribution in [0.25, 0.3) is 22.0 Å². The highest BCUT2D eigenvalue weighted by Crippen LogP contribution is 2.33. The predicted octanol–water partition coefficient (Wildman–Crippen LogP) is 6.26.